The Morgan fingerprint density at radius 3 is 2.00 bits per heavy atom. The minimum absolute atomic E-state index is 0.178. The largest absolute Gasteiger partial charge is 0.403 e. The molecule has 0 radical (unpaired) electrons. The third-order valence-electron chi connectivity index (χ3n) is 4.70. The molecular weight excluding hydrogens is 356 g/mol. The van der Waals surface area contributed by atoms with Crippen LogP contribution in [0, 0.1) is 0 Å². The molecule has 0 saturated carbocycles. The standard InChI is InChI=1S/C22H12N2O4/c25-20-15-5-1-2-6-16(15)21(26)24(20)14-11-9-13(10-12-14)19-23-18-8-4-3-7-17(18)22(27)28-19/h1-12H. The fraction of sp³-hybridized carbons (Fsp3) is 0. The molecule has 1 aromatic heterocycles. The molecule has 6 nitrogen and oxygen atoms in total. The van der Waals surface area contributed by atoms with Crippen LogP contribution in [-0.4, -0.2) is 16.8 Å². The van der Waals surface area contributed by atoms with E-state index < -0.39 is 5.63 Å². The lowest BCUT2D eigenvalue weighted by atomic mass is 10.1. The van der Waals surface area contributed by atoms with E-state index in [0.717, 1.165) is 4.90 Å². The first-order chi connectivity index (χ1) is 13.6. The van der Waals surface area contributed by atoms with Crippen molar-refractivity contribution in [2.45, 2.75) is 0 Å². The van der Waals surface area contributed by atoms with Crippen molar-refractivity contribution in [3.05, 3.63) is 94.3 Å². The van der Waals surface area contributed by atoms with E-state index in [2.05, 4.69) is 4.98 Å². The summed E-state index contributed by atoms with van der Waals surface area (Å²) in [5, 5.41) is 0.411. The number of aromatic nitrogens is 1. The topological polar surface area (TPSA) is 80.5 Å². The maximum atomic E-state index is 12.6. The number of benzene rings is 3. The van der Waals surface area contributed by atoms with E-state index in [0.29, 0.717) is 33.3 Å². The molecule has 6 heteroatoms. The predicted molar refractivity (Wildman–Crippen MR) is 103 cm³/mol. The number of nitrogens with zero attached hydrogens (tertiary/aromatic N) is 2. The van der Waals surface area contributed by atoms with Crippen LogP contribution in [0.2, 0.25) is 0 Å². The molecule has 0 atom stereocenters. The number of imide groups is 1. The van der Waals surface area contributed by atoms with Gasteiger partial charge in [0, 0.05) is 5.56 Å². The smallest absolute Gasteiger partial charge is 0.347 e. The summed E-state index contributed by atoms with van der Waals surface area (Å²) < 4.78 is 5.32. The number of para-hydroxylation sites is 1. The average molecular weight is 368 g/mol. The van der Waals surface area contributed by atoms with Gasteiger partial charge in [-0.2, -0.15) is 0 Å². The normalized spacial score (nSPS) is 13.2. The summed E-state index contributed by atoms with van der Waals surface area (Å²) >= 11 is 0. The van der Waals surface area contributed by atoms with Gasteiger partial charge in [-0.1, -0.05) is 24.3 Å². The van der Waals surface area contributed by atoms with Crippen molar-refractivity contribution >= 4 is 28.4 Å². The second-order valence-electron chi connectivity index (χ2n) is 6.36. The van der Waals surface area contributed by atoms with Gasteiger partial charge < -0.3 is 4.42 Å². The van der Waals surface area contributed by atoms with Crippen molar-refractivity contribution in [3.8, 4) is 11.5 Å². The van der Waals surface area contributed by atoms with E-state index in [1.807, 2.05) is 0 Å². The number of hydrogen-bond acceptors (Lipinski definition) is 5. The van der Waals surface area contributed by atoms with Gasteiger partial charge >= 0.3 is 5.63 Å². The van der Waals surface area contributed by atoms with E-state index >= 15 is 0 Å². The third-order valence-corrected chi connectivity index (χ3v) is 4.70. The van der Waals surface area contributed by atoms with Crippen molar-refractivity contribution < 1.29 is 14.0 Å². The van der Waals surface area contributed by atoms with Gasteiger partial charge in [0.15, 0.2) is 0 Å². The van der Waals surface area contributed by atoms with Crippen LogP contribution < -0.4 is 10.5 Å². The lowest BCUT2D eigenvalue weighted by Gasteiger charge is -2.14. The molecule has 0 bridgehead atoms. The van der Waals surface area contributed by atoms with Crippen LogP contribution in [0.4, 0.5) is 5.69 Å². The van der Waals surface area contributed by atoms with Crippen LogP contribution in [0.25, 0.3) is 22.4 Å². The molecular formula is C22H12N2O4. The number of fused-ring (bicyclic) bond motifs is 2. The molecule has 0 spiro atoms. The van der Waals surface area contributed by atoms with Gasteiger partial charge in [-0.3, -0.25) is 9.59 Å². The Bertz CT molecular complexity index is 1290. The van der Waals surface area contributed by atoms with Gasteiger partial charge in [0.1, 0.15) is 0 Å². The third kappa shape index (κ3) is 2.35. The first-order valence-corrected chi connectivity index (χ1v) is 8.61. The van der Waals surface area contributed by atoms with E-state index in [1.54, 1.807) is 72.8 Å². The number of carbonyl (C=O) groups is 2. The van der Waals surface area contributed by atoms with Crippen molar-refractivity contribution in [2.24, 2.45) is 0 Å². The first kappa shape index (κ1) is 16.1. The monoisotopic (exact) mass is 368 g/mol. The highest BCUT2D eigenvalue weighted by molar-refractivity contribution is 6.34. The quantitative estimate of drug-likeness (QED) is 0.505. The maximum Gasteiger partial charge on any atom is 0.347 e. The number of amides is 2. The molecule has 2 heterocycles. The fourth-order valence-electron chi connectivity index (χ4n) is 3.32. The lowest BCUT2D eigenvalue weighted by Crippen LogP contribution is -2.29. The van der Waals surface area contributed by atoms with E-state index in [9.17, 15) is 14.4 Å². The zero-order chi connectivity index (χ0) is 19.3. The van der Waals surface area contributed by atoms with E-state index in [-0.39, 0.29) is 17.7 Å². The maximum absolute atomic E-state index is 12.6. The second-order valence-corrected chi connectivity index (χ2v) is 6.36. The van der Waals surface area contributed by atoms with Crippen molar-refractivity contribution in [1.82, 2.24) is 4.98 Å². The van der Waals surface area contributed by atoms with Gasteiger partial charge in [-0.25, -0.2) is 14.7 Å². The number of hydrogen-bond donors (Lipinski definition) is 0. The molecule has 1 aliphatic heterocycles. The molecule has 1 aliphatic rings. The Kier molecular flexibility index (Phi) is 3.45. The Hall–Kier alpha value is -4.06. The van der Waals surface area contributed by atoms with Crippen LogP contribution in [-0.2, 0) is 0 Å². The molecule has 28 heavy (non-hydrogen) atoms. The molecule has 0 saturated heterocycles. The summed E-state index contributed by atoms with van der Waals surface area (Å²) in [5.74, 6) is -0.537. The summed E-state index contributed by atoms with van der Waals surface area (Å²) in [6.45, 7) is 0. The molecule has 3 aromatic carbocycles. The molecule has 0 N–H and O–H groups in total. The first-order valence-electron chi connectivity index (χ1n) is 8.61. The zero-order valence-electron chi connectivity index (χ0n) is 14.5. The molecule has 0 aliphatic carbocycles. The summed E-state index contributed by atoms with van der Waals surface area (Å²) in [4.78, 5) is 42.8. The Morgan fingerprint density at radius 2 is 1.32 bits per heavy atom. The van der Waals surface area contributed by atoms with E-state index in [1.165, 1.54) is 0 Å². The highest BCUT2D eigenvalue weighted by Gasteiger charge is 2.36. The minimum atomic E-state index is -0.468. The Morgan fingerprint density at radius 1 is 0.714 bits per heavy atom. The minimum Gasteiger partial charge on any atom is -0.403 e. The van der Waals surface area contributed by atoms with Gasteiger partial charge in [0.25, 0.3) is 11.8 Å². The van der Waals surface area contributed by atoms with Crippen LogP contribution in [0.5, 0.6) is 0 Å². The molecule has 0 fully saturated rings. The molecule has 5 rings (SSSR count). The van der Waals surface area contributed by atoms with Crippen molar-refractivity contribution in [2.75, 3.05) is 4.90 Å². The van der Waals surface area contributed by atoms with Crippen LogP contribution >= 0.6 is 0 Å². The fourth-order valence-corrected chi connectivity index (χ4v) is 3.32. The van der Waals surface area contributed by atoms with E-state index in [4.69, 9.17) is 4.42 Å². The summed E-state index contributed by atoms with van der Waals surface area (Å²) in [7, 11) is 0. The van der Waals surface area contributed by atoms with Gasteiger partial charge in [-0.15, -0.1) is 0 Å². The Balaban J connectivity index is 1.53. The van der Waals surface area contributed by atoms with Crippen LogP contribution in [0.3, 0.4) is 0 Å². The summed E-state index contributed by atoms with van der Waals surface area (Å²) in [6.07, 6.45) is 0. The number of carbonyl (C=O) groups excluding carboxylic acids is 2. The second kappa shape index (κ2) is 5.99. The highest BCUT2D eigenvalue weighted by atomic mass is 16.4. The van der Waals surface area contributed by atoms with Crippen molar-refractivity contribution in [3.63, 3.8) is 0 Å². The zero-order valence-corrected chi connectivity index (χ0v) is 14.5. The lowest BCUT2D eigenvalue weighted by molar-refractivity contribution is 0.0926. The summed E-state index contributed by atoms with van der Waals surface area (Å²) in [6, 6.07) is 20.3. The van der Waals surface area contributed by atoms with Crippen molar-refractivity contribution in [1.29, 1.82) is 0 Å². The molecule has 2 amide bonds. The van der Waals surface area contributed by atoms with Crippen LogP contribution in [0.1, 0.15) is 20.7 Å². The Labute approximate surface area is 158 Å². The number of rotatable bonds is 2. The summed E-state index contributed by atoms with van der Waals surface area (Å²) in [5.41, 5.74) is 1.86. The van der Waals surface area contributed by atoms with Gasteiger partial charge in [-0.05, 0) is 48.5 Å². The molecule has 134 valence electrons. The predicted octanol–water partition coefficient (Wildman–Crippen LogP) is 3.66. The van der Waals surface area contributed by atoms with Gasteiger partial charge in [0.05, 0.1) is 27.7 Å². The highest BCUT2D eigenvalue weighted by Crippen LogP contribution is 2.29. The number of anilines is 1. The molecule has 0 unspecified atom stereocenters. The average Bonchev–Trinajstić information content (AvgIpc) is 2.99. The SMILES string of the molecule is O=C1c2ccccc2C(=O)N1c1ccc(-c2nc3ccccc3c(=O)o2)cc1. The van der Waals surface area contributed by atoms with Crippen LogP contribution in [0.15, 0.2) is 82.0 Å². The van der Waals surface area contributed by atoms with Gasteiger partial charge in [0.2, 0.25) is 5.89 Å². The molecule has 4 aromatic rings.